The van der Waals surface area contributed by atoms with Crippen LogP contribution in [0.25, 0.3) is 6.08 Å². The van der Waals surface area contributed by atoms with Crippen LogP contribution < -0.4 is 19.1 Å². The predicted octanol–water partition coefficient (Wildman–Crippen LogP) is 4.89. The van der Waals surface area contributed by atoms with Gasteiger partial charge in [-0.1, -0.05) is 36.4 Å². The summed E-state index contributed by atoms with van der Waals surface area (Å²) < 4.78 is 16.1. The normalized spacial score (nSPS) is 15.6. The molecule has 0 spiro atoms. The first-order chi connectivity index (χ1) is 17.0. The molecule has 1 heterocycles. The Morgan fingerprint density at radius 2 is 1.54 bits per heavy atom. The lowest BCUT2D eigenvalue weighted by Crippen LogP contribution is -2.31. The predicted molar refractivity (Wildman–Crippen MR) is 133 cm³/mol. The SMILES string of the molecule is COc1ccc(N2C(=O)C(O)=C(C(=O)/C=C/c3ccccc3)C2c2ccc(OC)cc2OC)cc1. The summed E-state index contributed by atoms with van der Waals surface area (Å²) >= 11 is 0. The first kappa shape index (κ1) is 23.6. The summed E-state index contributed by atoms with van der Waals surface area (Å²) in [6, 6.07) is 20.3. The van der Waals surface area contributed by atoms with E-state index in [1.165, 1.54) is 25.2 Å². The fraction of sp³-hybridized carbons (Fsp3) is 0.143. The van der Waals surface area contributed by atoms with Crippen molar-refractivity contribution < 1.29 is 28.9 Å². The molecule has 4 rings (SSSR count). The monoisotopic (exact) mass is 471 g/mol. The van der Waals surface area contributed by atoms with E-state index in [2.05, 4.69) is 0 Å². The number of aliphatic hydroxyl groups excluding tert-OH is 1. The Morgan fingerprint density at radius 1 is 0.886 bits per heavy atom. The summed E-state index contributed by atoms with van der Waals surface area (Å²) in [6.45, 7) is 0. The van der Waals surface area contributed by atoms with Gasteiger partial charge in [-0.3, -0.25) is 14.5 Å². The molecule has 0 radical (unpaired) electrons. The van der Waals surface area contributed by atoms with Crippen molar-refractivity contribution in [3.63, 3.8) is 0 Å². The fourth-order valence-corrected chi connectivity index (χ4v) is 4.03. The molecule has 1 aliphatic heterocycles. The maximum atomic E-state index is 13.4. The van der Waals surface area contributed by atoms with Crippen LogP contribution in [0.2, 0.25) is 0 Å². The van der Waals surface area contributed by atoms with Crippen LogP contribution in [-0.4, -0.2) is 38.1 Å². The van der Waals surface area contributed by atoms with Gasteiger partial charge in [0.2, 0.25) is 0 Å². The Bertz CT molecular complexity index is 1290. The molecule has 0 aromatic heterocycles. The minimum atomic E-state index is -0.926. The number of methoxy groups -OCH3 is 3. The maximum Gasteiger partial charge on any atom is 0.294 e. The lowest BCUT2D eigenvalue weighted by atomic mass is 9.94. The lowest BCUT2D eigenvalue weighted by Gasteiger charge is -2.28. The number of ether oxygens (including phenoxy) is 3. The van der Waals surface area contributed by atoms with Crippen LogP contribution in [-0.2, 0) is 9.59 Å². The number of hydrogen-bond acceptors (Lipinski definition) is 6. The van der Waals surface area contributed by atoms with Crippen molar-refractivity contribution in [1.82, 2.24) is 0 Å². The van der Waals surface area contributed by atoms with Crippen molar-refractivity contribution >= 4 is 23.5 Å². The molecule has 1 unspecified atom stereocenters. The number of amides is 1. The molecule has 0 aliphatic carbocycles. The molecule has 3 aromatic rings. The number of benzene rings is 3. The van der Waals surface area contributed by atoms with Crippen molar-refractivity contribution in [3.05, 3.63) is 101 Å². The van der Waals surface area contributed by atoms with Crippen LogP contribution in [0.5, 0.6) is 17.2 Å². The van der Waals surface area contributed by atoms with Gasteiger partial charge in [-0.25, -0.2) is 0 Å². The van der Waals surface area contributed by atoms with Gasteiger partial charge in [-0.05, 0) is 48.0 Å². The summed E-state index contributed by atoms with van der Waals surface area (Å²) in [5.74, 6) is -0.207. The van der Waals surface area contributed by atoms with Crippen LogP contribution in [0, 0.1) is 0 Å². The van der Waals surface area contributed by atoms with E-state index in [1.54, 1.807) is 55.7 Å². The van der Waals surface area contributed by atoms with E-state index in [9.17, 15) is 14.7 Å². The van der Waals surface area contributed by atoms with Gasteiger partial charge >= 0.3 is 0 Å². The van der Waals surface area contributed by atoms with Crippen molar-refractivity contribution in [2.45, 2.75) is 6.04 Å². The van der Waals surface area contributed by atoms with Crippen molar-refractivity contribution in [1.29, 1.82) is 0 Å². The maximum absolute atomic E-state index is 13.4. The zero-order valence-electron chi connectivity index (χ0n) is 19.6. The zero-order chi connectivity index (χ0) is 24.9. The fourth-order valence-electron chi connectivity index (χ4n) is 4.03. The van der Waals surface area contributed by atoms with Gasteiger partial charge in [0, 0.05) is 17.3 Å². The molecular weight excluding hydrogens is 446 g/mol. The number of hydrogen-bond donors (Lipinski definition) is 1. The minimum absolute atomic E-state index is 0.0403. The summed E-state index contributed by atoms with van der Waals surface area (Å²) in [7, 11) is 4.57. The van der Waals surface area contributed by atoms with Gasteiger partial charge in [0.25, 0.3) is 5.91 Å². The number of allylic oxidation sites excluding steroid dienone is 1. The molecule has 0 bridgehead atoms. The van der Waals surface area contributed by atoms with Gasteiger partial charge in [0.05, 0.1) is 32.9 Å². The quantitative estimate of drug-likeness (QED) is 0.471. The Labute approximate surface area is 203 Å². The van der Waals surface area contributed by atoms with Gasteiger partial charge in [0.15, 0.2) is 11.5 Å². The lowest BCUT2D eigenvalue weighted by molar-refractivity contribution is -0.117. The highest BCUT2D eigenvalue weighted by Gasteiger charge is 2.45. The summed E-state index contributed by atoms with van der Waals surface area (Å²) in [5.41, 5.74) is 1.79. The van der Waals surface area contributed by atoms with Crippen molar-refractivity contribution in [2.75, 3.05) is 26.2 Å². The number of anilines is 1. The molecule has 35 heavy (non-hydrogen) atoms. The number of carbonyl (C=O) groups excluding carboxylic acids is 2. The Kier molecular flexibility index (Phi) is 6.87. The number of carbonyl (C=O) groups is 2. The van der Waals surface area contributed by atoms with Gasteiger partial charge < -0.3 is 19.3 Å². The largest absolute Gasteiger partial charge is 0.503 e. The van der Waals surface area contributed by atoms with Crippen molar-refractivity contribution in [2.24, 2.45) is 0 Å². The van der Waals surface area contributed by atoms with Crippen LogP contribution in [0.1, 0.15) is 17.2 Å². The summed E-state index contributed by atoms with van der Waals surface area (Å²) in [5, 5.41) is 10.9. The van der Waals surface area contributed by atoms with E-state index in [0.717, 1.165) is 5.56 Å². The highest BCUT2D eigenvalue weighted by molar-refractivity contribution is 6.20. The second kappa shape index (κ2) is 10.2. The second-order valence-corrected chi connectivity index (χ2v) is 7.75. The smallest absolute Gasteiger partial charge is 0.294 e. The molecule has 0 saturated heterocycles. The van der Waals surface area contributed by atoms with E-state index in [0.29, 0.717) is 28.5 Å². The third-order valence-electron chi connectivity index (χ3n) is 5.79. The first-order valence-corrected chi connectivity index (χ1v) is 10.9. The van der Waals surface area contributed by atoms with Gasteiger partial charge in [-0.2, -0.15) is 0 Å². The van der Waals surface area contributed by atoms with E-state index < -0.39 is 23.5 Å². The second-order valence-electron chi connectivity index (χ2n) is 7.75. The van der Waals surface area contributed by atoms with E-state index in [-0.39, 0.29) is 5.57 Å². The van der Waals surface area contributed by atoms with Crippen LogP contribution in [0.4, 0.5) is 5.69 Å². The van der Waals surface area contributed by atoms with Gasteiger partial charge in [0.1, 0.15) is 17.2 Å². The average molecular weight is 472 g/mol. The highest BCUT2D eigenvalue weighted by Crippen LogP contribution is 2.45. The number of rotatable bonds is 8. The highest BCUT2D eigenvalue weighted by atomic mass is 16.5. The zero-order valence-corrected chi connectivity index (χ0v) is 19.6. The average Bonchev–Trinajstić information content (AvgIpc) is 3.17. The Hall–Kier alpha value is -4.52. The Balaban J connectivity index is 1.84. The van der Waals surface area contributed by atoms with Crippen LogP contribution >= 0.6 is 0 Å². The summed E-state index contributed by atoms with van der Waals surface area (Å²) in [4.78, 5) is 28.1. The molecule has 1 aliphatic rings. The topological polar surface area (TPSA) is 85.3 Å². The van der Waals surface area contributed by atoms with Crippen LogP contribution in [0.3, 0.4) is 0 Å². The number of aliphatic hydroxyl groups is 1. The molecule has 178 valence electrons. The summed E-state index contributed by atoms with van der Waals surface area (Å²) in [6.07, 6.45) is 3.00. The molecule has 1 N–H and O–H groups in total. The molecule has 7 heteroatoms. The molecule has 1 atom stereocenters. The molecule has 1 amide bonds. The standard InChI is InChI=1S/C28H25NO6/c1-33-20-12-10-19(11-13-20)29-26(22-15-14-21(34-2)17-24(22)35-3)25(27(31)28(29)32)23(30)16-9-18-7-5-4-6-8-18/h4-17,26,31H,1-3H3/b16-9+. The molecule has 0 saturated carbocycles. The van der Waals surface area contributed by atoms with E-state index >= 15 is 0 Å². The number of nitrogens with zero attached hydrogens (tertiary/aromatic N) is 1. The van der Waals surface area contributed by atoms with Gasteiger partial charge in [-0.15, -0.1) is 0 Å². The minimum Gasteiger partial charge on any atom is -0.503 e. The van der Waals surface area contributed by atoms with Crippen molar-refractivity contribution in [3.8, 4) is 17.2 Å². The third-order valence-corrected chi connectivity index (χ3v) is 5.79. The molecular formula is C28H25NO6. The molecule has 3 aromatic carbocycles. The van der Waals surface area contributed by atoms with E-state index in [4.69, 9.17) is 14.2 Å². The van der Waals surface area contributed by atoms with Crippen LogP contribution in [0.15, 0.2) is 90.2 Å². The third kappa shape index (κ3) is 4.61. The number of ketones is 1. The van der Waals surface area contributed by atoms with E-state index in [1.807, 2.05) is 30.3 Å². The Morgan fingerprint density at radius 3 is 2.17 bits per heavy atom. The first-order valence-electron chi connectivity index (χ1n) is 10.9. The molecule has 0 fully saturated rings. The molecule has 7 nitrogen and oxygen atoms in total.